The molecular formula is C28H39N5O2. The van der Waals surface area contributed by atoms with E-state index >= 15 is 0 Å². The van der Waals surface area contributed by atoms with Gasteiger partial charge in [0.05, 0.1) is 17.3 Å². The third-order valence-electron chi connectivity index (χ3n) is 7.62. The van der Waals surface area contributed by atoms with Crippen molar-refractivity contribution in [3.8, 4) is 5.69 Å². The molecule has 7 nitrogen and oxygen atoms in total. The second kappa shape index (κ2) is 11.2. The summed E-state index contributed by atoms with van der Waals surface area (Å²) in [5, 5.41) is 9.08. The lowest BCUT2D eigenvalue weighted by atomic mass is 9.97. The largest absolute Gasteiger partial charge is 0.356 e. The zero-order valence-corrected chi connectivity index (χ0v) is 21.6. The van der Waals surface area contributed by atoms with Crippen LogP contribution >= 0.6 is 0 Å². The van der Waals surface area contributed by atoms with Crippen LogP contribution in [0.25, 0.3) is 16.5 Å². The Morgan fingerprint density at radius 1 is 1.03 bits per heavy atom. The number of nitrogens with one attached hydrogen (secondary N) is 1. The van der Waals surface area contributed by atoms with Crippen LogP contribution in [0.1, 0.15) is 63.8 Å². The number of benzene rings is 1. The van der Waals surface area contributed by atoms with E-state index < -0.39 is 0 Å². The van der Waals surface area contributed by atoms with Gasteiger partial charge in [0.2, 0.25) is 5.91 Å². The molecule has 2 atom stereocenters. The first-order chi connectivity index (χ1) is 16.9. The molecule has 3 aromatic rings. The van der Waals surface area contributed by atoms with Crippen LogP contribution in [-0.2, 0) is 11.3 Å². The van der Waals surface area contributed by atoms with Gasteiger partial charge in [-0.25, -0.2) is 0 Å². The maximum absolute atomic E-state index is 13.2. The second-order valence-electron chi connectivity index (χ2n) is 9.98. The minimum Gasteiger partial charge on any atom is -0.356 e. The monoisotopic (exact) mass is 477 g/mol. The summed E-state index contributed by atoms with van der Waals surface area (Å²) in [5.74, 6) is 0.102. The molecule has 0 unspecified atom stereocenters. The Morgan fingerprint density at radius 3 is 2.46 bits per heavy atom. The third-order valence-corrected chi connectivity index (χ3v) is 7.62. The van der Waals surface area contributed by atoms with Gasteiger partial charge in [0.15, 0.2) is 0 Å². The Morgan fingerprint density at radius 2 is 1.74 bits per heavy atom. The van der Waals surface area contributed by atoms with Crippen LogP contribution in [0.3, 0.4) is 0 Å². The number of rotatable bonds is 9. The molecule has 0 saturated carbocycles. The summed E-state index contributed by atoms with van der Waals surface area (Å²) in [7, 11) is 0. The molecule has 0 radical (unpaired) electrons. The highest BCUT2D eigenvalue weighted by Crippen LogP contribution is 2.24. The Bertz CT molecular complexity index is 1200. The number of amides is 1. The lowest BCUT2D eigenvalue weighted by Crippen LogP contribution is -2.44. The molecule has 3 heterocycles. The van der Waals surface area contributed by atoms with Gasteiger partial charge in [-0.15, -0.1) is 0 Å². The summed E-state index contributed by atoms with van der Waals surface area (Å²) in [6, 6.07) is 10.8. The lowest BCUT2D eigenvalue weighted by molar-refractivity contribution is -0.121. The van der Waals surface area contributed by atoms with Gasteiger partial charge in [-0.05, 0) is 65.5 Å². The minimum absolute atomic E-state index is 0.102. The predicted octanol–water partition coefficient (Wildman–Crippen LogP) is 4.35. The summed E-state index contributed by atoms with van der Waals surface area (Å²) < 4.78 is 3.60. The van der Waals surface area contributed by atoms with Gasteiger partial charge >= 0.3 is 0 Å². The van der Waals surface area contributed by atoms with Crippen molar-refractivity contribution in [1.29, 1.82) is 0 Å². The van der Waals surface area contributed by atoms with Crippen LogP contribution < -0.4 is 10.9 Å². The highest BCUT2D eigenvalue weighted by Gasteiger charge is 2.23. The van der Waals surface area contributed by atoms with E-state index in [4.69, 9.17) is 0 Å². The Balaban J connectivity index is 1.31. The fraction of sp³-hybridized carbons (Fsp3) is 0.536. The van der Waals surface area contributed by atoms with Crippen LogP contribution in [0, 0.1) is 13.8 Å². The normalized spacial score (nSPS) is 18.7. The number of hydrogen-bond donors (Lipinski definition) is 1. The molecule has 1 aliphatic rings. The molecule has 1 amide bonds. The van der Waals surface area contributed by atoms with E-state index in [0.717, 1.165) is 48.4 Å². The number of nitrogens with zero attached hydrogens (tertiary/aromatic N) is 4. The van der Waals surface area contributed by atoms with Crippen LogP contribution in [0.15, 0.2) is 41.3 Å². The minimum atomic E-state index is -0.108. The van der Waals surface area contributed by atoms with Crippen molar-refractivity contribution in [2.45, 2.75) is 84.8 Å². The highest BCUT2D eigenvalue weighted by molar-refractivity contribution is 5.87. The van der Waals surface area contributed by atoms with E-state index in [1.807, 2.05) is 44.2 Å². The first kappa shape index (κ1) is 25.2. The molecule has 35 heavy (non-hydrogen) atoms. The lowest BCUT2D eigenvalue weighted by Gasteiger charge is -2.39. The van der Waals surface area contributed by atoms with Crippen LogP contribution in [0.4, 0.5) is 0 Å². The van der Waals surface area contributed by atoms with Gasteiger partial charge in [-0.3, -0.25) is 14.5 Å². The van der Waals surface area contributed by atoms with Crippen molar-refractivity contribution in [1.82, 2.24) is 24.6 Å². The van der Waals surface area contributed by atoms with Crippen molar-refractivity contribution < 1.29 is 4.79 Å². The number of carbonyl (C=O) groups excluding carboxylic acids is 1. The number of carbonyl (C=O) groups is 1. The summed E-state index contributed by atoms with van der Waals surface area (Å²) in [6.07, 6.45) is 7.86. The Labute approximate surface area is 208 Å². The highest BCUT2D eigenvalue weighted by atomic mass is 16.1. The molecule has 0 bridgehead atoms. The molecular weight excluding hydrogens is 438 g/mol. The van der Waals surface area contributed by atoms with Crippen LogP contribution in [0.5, 0.6) is 0 Å². The maximum Gasteiger partial charge on any atom is 0.281 e. The fourth-order valence-corrected chi connectivity index (χ4v) is 5.59. The summed E-state index contributed by atoms with van der Waals surface area (Å²) >= 11 is 0. The summed E-state index contributed by atoms with van der Waals surface area (Å²) in [6.45, 7) is 11.1. The first-order valence-electron chi connectivity index (χ1n) is 13.0. The average molecular weight is 478 g/mol. The molecule has 1 aliphatic heterocycles. The Kier molecular flexibility index (Phi) is 8.06. The van der Waals surface area contributed by atoms with Crippen molar-refractivity contribution in [3.05, 3.63) is 58.3 Å². The second-order valence-corrected chi connectivity index (χ2v) is 9.98. The molecule has 4 rings (SSSR count). The summed E-state index contributed by atoms with van der Waals surface area (Å²) in [5.41, 5.74) is 2.60. The molecule has 1 saturated heterocycles. The smallest absolute Gasteiger partial charge is 0.281 e. The van der Waals surface area contributed by atoms with E-state index in [1.165, 1.54) is 23.9 Å². The molecule has 1 N–H and O–H groups in total. The van der Waals surface area contributed by atoms with Crippen molar-refractivity contribution >= 4 is 16.7 Å². The van der Waals surface area contributed by atoms with Crippen LogP contribution in [0.2, 0.25) is 0 Å². The number of aromatic nitrogens is 3. The van der Waals surface area contributed by atoms with Gasteiger partial charge in [-0.2, -0.15) is 9.78 Å². The first-order valence-corrected chi connectivity index (χ1v) is 13.0. The molecule has 1 aromatic carbocycles. The number of hydrogen-bond acceptors (Lipinski definition) is 4. The van der Waals surface area contributed by atoms with E-state index in [2.05, 4.69) is 33.7 Å². The summed E-state index contributed by atoms with van der Waals surface area (Å²) in [4.78, 5) is 28.2. The predicted molar refractivity (Wildman–Crippen MR) is 141 cm³/mol. The number of fused-ring (bicyclic) bond motifs is 1. The maximum atomic E-state index is 13.2. The van der Waals surface area contributed by atoms with Gasteiger partial charge in [0.1, 0.15) is 0 Å². The third kappa shape index (κ3) is 5.50. The van der Waals surface area contributed by atoms with E-state index in [1.54, 1.807) is 6.20 Å². The number of piperidine rings is 1. The van der Waals surface area contributed by atoms with Gasteiger partial charge in [0.25, 0.3) is 5.56 Å². The number of aryl methyl sites for hydroxylation is 2. The number of para-hydroxylation sites is 1. The molecule has 7 heteroatoms. The molecule has 2 aromatic heterocycles. The van der Waals surface area contributed by atoms with Crippen LogP contribution in [-0.4, -0.2) is 50.3 Å². The molecule has 0 spiro atoms. The van der Waals surface area contributed by atoms with Crippen molar-refractivity contribution in [2.75, 3.05) is 13.1 Å². The van der Waals surface area contributed by atoms with E-state index in [0.29, 0.717) is 30.4 Å². The van der Waals surface area contributed by atoms with Crippen molar-refractivity contribution in [2.24, 2.45) is 0 Å². The quantitative estimate of drug-likeness (QED) is 0.465. The number of likely N-dealkylation sites (tertiary alicyclic amines) is 1. The SMILES string of the molecule is Cc1c2cnn(-c3ccccc3)c(=O)c2c(C)n1CCCC(=O)NCCCN1[C@H](C)CCC[C@H]1C. The average Bonchev–Trinajstić information content (AvgIpc) is 3.09. The Hall–Kier alpha value is -2.93. The zero-order chi connectivity index (χ0) is 24.9. The fourth-order valence-electron chi connectivity index (χ4n) is 5.59. The molecule has 0 aliphatic carbocycles. The molecule has 188 valence electrons. The van der Waals surface area contributed by atoms with Gasteiger partial charge < -0.3 is 9.88 Å². The van der Waals surface area contributed by atoms with E-state index in [-0.39, 0.29) is 11.5 Å². The van der Waals surface area contributed by atoms with Gasteiger partial charge in [-0.1, -0.05) is 24.6 Å². The van der Waals surface area contributed by atoms with Crippen molar-refractivity contribution in [3.63, 3.8) is 0 Å². The zero-order valence-electron chi connectivity index (χ0n) is 21.6. The van der Waals surface area contributed by atoms with Gasteiger partial charge in [0, 0.05) is 54.9 Å². The van der Waals surface area contributed by atoms with E-state index in [9.17, 15) is 9.59 Å². The topological polar surface area (TPSA) is 72.2 Å². The molecule has 1 fully saturated rings. The standard InChI is InChI=1S/C28H39N5O2/c1-20-11-8-12-21(2)31(20)18-10-16-29-26(34)15-9-17-32-22(3)25-19-30-33(24-13-6-5-7-14-24)28(35)27(25)23(32)4/h5-7,13-14,19-21H,8-12,15-18H2,1-4H3,(H,29,34)/t20-,21-/m1/s1.